The fourth-order valence-corrected chi connectivity index (χ4v) is 4.94. The van der Waals surface area contributed by atoms with Crippen LogP contribution in [0.15, 0.2) is 0 Å². The van der Waals surface area contributed by atoms with Gasteiger partial charge in [-0.25, -0.2) is 0 Å². The minimum atomic E-state index is 0. The van der Waals surface area contributed by atoms with Crippen molar-refractivity contribution >= 4 is 22.8 Å². The Bertz CT molecular complexity index is 1010. The molecule has 0 saturated carbocycles. The van der Waals surface area contributed by atoms with E-state index in [-0.39, 0.29) is 32.7 Å². The van der Waals surface area contributed by atoms with Crippen LogP contribution in [-0.4, -0.2) is 27.2 Å². The molecule has 0 aliphatic heterocycles. The van der Waals surface area contributed by atoms with Crippen LogP contribution in [0.4, 0.5) is 11.4 Å². The van der Waals surface area contributed by atoms with Crippen molar-refractivity contribution in [3.63, 3.8) is 0 Å². The molecule has 0 bridgehead atoms. The fourth-order valence-electron chi connectivity index (χ4n) is 4.94. The van der Waals surface area contributed by atoms with E-state index in [0.717, 1.165) is 6.67 Å². The first-order valence-electron chi connectivity index (χ1n) is 12.3. The van der Waals surface area contributed by atoms with Gasteiger partial charge in [0, 0.05) is 66.4 Å². The van der Waals surface area contributed by atoms with Crippen molar-refractivity contribution < 1.29 is 41.9 Å². The molecule has 0 heterocycles. The molecule has 2 nitrogen and oxygen atoms in total. The summed E-state index contributed by atoms with van der Waals surface area (Å²) >= 11 is 0. The van der Waals surface area contributed by atoms with Crippen LogP contribution in [-0.2, 0) is 32.7 Å². The molecule has 0 fully saturated rings. The van der Waals surface area contributed by atoms with Gasteiger partial charge < -0.3 is 12.8 Å². The van der Waals surface area contributed by atoms with Gasteiger partial charge in [-0.1, -0.05) is 0 Å². The average Bonchev–Trinajstić information content (AvgIpc) is 2.81. The maximum Gasteiger partial charge on any atom is 0.340 e. The van der Waals surface area contributed by atoms with E-state index in [0.29, 0.717) is 0 Å². The molecular formula is C31H46N2Y. The Balaban J connectivity index is 0.00000578. The van der Waals surface area contributed by atoms with Crippen LogP contribution in [0.1, 0.15) is 83.3 Å². The smallest absolute Gasteiger partial charge is 0.304 e. The molecule has 0 spiro atoms. The van der Waals surface area contributed by atoms with Gasteiger partial charge in [-0.15, -0.1) is 0 Å². The summed E-state index contributed by atoms with van der Waals surface area (Å²) in [7, 11) is 0. The van der Waals surface area contributed by atoms with E-state index in [4.69, 9.17) is 0 Å². The predicted molar refractivity (Wildman–Crippen MR) is 146 cm³/mol. The molecule has 1 radical (unpaired) electrons. The minimum absolute atomic E-state index is 0. The summed E-state index contributed by atoms with van der Waals surface area (Å²) in [4.78, 5) is 0. The maximum absolute atomic E-state index is 2.51. The molecule has 183 valence electrons. The van der Waals surface area contributed by atoms with Gasteiger partial charge in [0.25, 0.3) is 0 Å². The molecule has 0 aromatic heterocycles. The summed E-state index contributed by atoms with van der Waals surface area (Å²) in [6.07, 6.45) is 4.47. The van der Waals surface area contributed by atoms with E-state index in [1.165, 1.54) is 78.4 Å². The van der Waals surface area contributed by atoms with Crippen molar-refractivity contribution in [2.45, 2.75) is 96.9 Å². The minimum Gasteiger partial charge on any atom is -0.304 e. The van der Waals surface area contributed by atoms with Gasteiger partial charge in [-0.2, -0.15) is 23.0 Å². The number of hydrogen-bond donors (Lipinski definition) is 0. The van der Waals surface area contributed by atoms with Gasteiger partial charge in [-0.05, 0) is 116 Å². The van der Waals surface area contributed by atoms with E-state index < -0.39 is 0 Å². The summed E-state index contributed by atoms with van der Waals surface area (Å²) < 4.78 is 5.03. The van der Waals surface area contributed by atoms with E-state index in [2.05, 4.69) is 119 Å². The summed E-state index contributed by atoms with van der Waals surface area (Å²) in [5.74, 6) is 0. The fraction of sp³-hybridized carbons (Fsp3) is 0.484. The Hall–Kier alpha value is -1.38. The van der Waals surface area contributed by atoms with Crippen molar-refractivity contribution in [1.82, 2.24) is 0 Å². The first-order valence-corrected chi connectivity index (χ1v) is 12.3. The van der Waals surface area contributed by atoms with Gasteiger partial charge in [0.1, 0.15) is 0 Å². The molecule has 0 atom stereocenters. The predicted octanol–water partition coefficient (Wildman–Crippen LogP) is 8.08. The van der Waals surface area contributed by atoms with E-state index in [1.54, 1.807) is 0 Å². The van der Waals surface area contributed by atoms with Gasteiger partial charge in [0.2, 0.25) is 11.4 Å². The molecule has 0 saturated heterocycles. The Morgan fingerprint density at radius 1 is 0.471 bits per heavy atom. The second kappa shape index (κ2) is 12.0. The van der Waals surface area contributed by atoms with Crippen LogP contribution in [0, 0.1) is 82.1 Å². The quantitative estimate of drug-likeness (QED) is 0.153. The Kier molecular flexibility index (Phi) is 10.9. The zero-order valence-corrected chi connectivity index (χ0v) is 27.2. The molecule has 0 amide bonds. The van der Waals surface area contributed by atoms with Gasteiger partial charge in [0.15, 0.2) is 0 Å². The number of nitrogens with zero attached hydrogens (tertiary/aromatic N) is 2. The van der Waals surface area contributed by atoms with Crippen LogP contribution >= 0.6 is 0 Å². The molecule has 2 rings (SSSR count). The zero-order chi connectivity index (χ0) is 25.4. The normalized spacial score (nSPS) is 12.6. The van der Waals surface area contributed by atoms with E-state index in [1.807, 2.05) is 0 Å². The Morgan fingerprint density at radius 2 is 0.676 bits per heavy atom. The van der Waals surface area contributed by atoms with Crippen LogP contribution < -0.4 is 0 Å². The van der Waals surface area contributed by atoms with Gasteiger partial charge in [0.05, 0.1) is 0 Å². The van der Waals surface area contributed by atoms with Crippen molar-refractivity contribution in [2.24, 2.45) is 0 Å². The second-order valence-electron chi connectivity index (χ2n) is 9.80. The summed E-state index contributed by atoms with van der Waals surface area (Å²) in [6, 6.07) is 0. The standard InChI is InChI=1S/C31H46N2.Y/c1-15-18(3)32(30-26(11)22(7)20(5)23(8)27(30)12)17-33(19(4)16-2)31-28(13)24(9)21(6)25(10)29(31)14;/h15-16H,17H2,1-14H3;/b32-18+,33-19+;. The molecule has 2 aromatic rings. The molecule has 34 heavy (non-hydrogen) atoms. The average molecular weight is 536 g/mol. The van der Waals surface area contributed by atoms with Crippen molar-refractivity contribution in [1.29, 1.82) is 0 Å². The van der Waals surface area contributed by atoms with Crippen LogP contribution in [0.3, 0.4) is 0 Å². The van der Waals surface area contributed by atoms with E-state index >= 15 is 0 Å². The zero-order valence-electron chi connectivity index (χ0n) is 24.3. The van der Waals surface area contributed by atoms with Crippen molar-refractivity contribution in [2.75, 3.05) is 6.67 Å². The SMILES string of the molecule is C[CH-]/C(C)=[N+](\C/[N+](=C(/C)[CH-]C)c1c(C)c(C)c(C)c(C)c1C)c1c(C)c(C)c(C)c(C)c1C.[Y]. The van der Waals surface area contributed by atoms with Crippen LogP contribution in [0.2, 0.25) is 0 Å². The molecule has 0 aliphatic rings. The van der Waals surface area contributed by atoms with Gasteiger partial charge >= 0.3 is 6.67 Å². The Labute approximate surface area is 235 Å². The third kappa shape index (κ3) is 5.39. The number of rotatable bonds is 6. The summed E-state index contributed by atoms with van der Waals surface area (Å²) in [6.45, 7) is 32.2. The molecule has 0 N–H and O–H groups in total. The molecule has 3 heteroatoms. The maximum atomic E-state index is 2.51. The van der Waals surface area contributed by atoms with Crippen LogP contribution in [0.25, 0.3) is 0 Å². The second-order valence-corrected chi connectivity index (χ2v) is 9.80. The monoisotopic (exact) mass is 535 g/mol. The largest absolute Gasteiger partial charge is 0.340 e. The number of benzene rings is 2. The topological polar surface area (TPSA) is 6.02 Å². The first-order chi connectivity index (χ1) is 15.3. The van der Waals surface area contributed by atoms with Crippen molar-refractivity contribution in [3.8, 4) is 0 Å². The summed E-state index contributed by atoms with van der Waals surface area (Å²) in [5.41, 5.74) is 19.1. The molecule has 0 aliphatic carbocycles. The van der Waals surface area contributed by atoms with E-state index in [9.17, 15) is 0 Å². The van der Waals surface area contributed by atoms with Gasteiger partial charge in [-0.3, -0.25) is 0 Å². The molecule has 2 aromatic carbocycles. The number of hydrogen-bond acceptors (Lipinski definition) is 0. The first kappa shape index (κ1) is 30.7. The summed E-state index contributed by atoms with van der Waals surface area (Å²) in [5, 5.41) is 0. The Morgan fingerprint density at radius 3 is 0.882 bits per heavy atom. The van der Waals surface area contributed by atoms with Crippen LogP contribution in [0.5, 0.6) is 0 Å². The molecule has 0 unspecified atom stereocenters. The molecular weight excluding hydrogens is 489 g/mol. The van der Waals surface area contributed by atoms with Crippen molar-refractivity contribution in [3.05, 3.63) is 68.5 Å². The third-order valence-corrected chi connectivity index (χ3v) is 8.43. The third-order valence-electron chi connectivity index (χ3n) is 8.43.